The van der Waals surface area contributed by atoms with Crippen LogP contribution in [0.25, 0.3) is 11.3 Å². The number of pyridine rings is 1. The van der Waals surface area contributed by atoms with Gasteiger partial charge in [0.2, 0.25) is 10.0 Å². The summed E-state index contributed by atoms with van der Waals surface area (Å²) in [5.74, 6) is -3.52. The molecule has 0 aliphatic rings. The maximum absolute atomic E-state index is 13.2. The van der Waals surface area contributed by atoms with E-state index in [1.807, 2.05) is 4.72 Å². The zero-order valence-corrected chi connectivity index (χ0v) is 20.3. The van der Waals surface area contributed by atoms with Crippen molar-refractivity contribution in [1.82, 2.24) is 25.1 Å². The Bertz CT molecular complexity index is 1580. The van der Waals surface area contributed by atoms with E-state index in [1.54, 1.807) is 0 Å². The van der Waals surface area contributed by atoms with Crippen molar-refractivity contribution in [2.75, 3.05) is 15.8 Å². The van der Waals surface area contributed by atoms with Crippen molar-refractivity contribution in [3.8, 4) is 17.0 Å². The number of H-pyrrole nitrogens is 1. The molecule has 0 saturated carbocycles. The Morgan fingerprint density at radius 3 is 2.54 bits per heavy atom. The SMILES string of the molecule is NC(=O)c1c(-c2ccc(NS(=O)(=O)CC(F)(F)F)c(OCc3ccc(F)cn3)c2)n[nH]c1Nc1cnccn1. The van der Waals surface area contributed by atoms with Crippen molar-refractivity contribution in [2.24, 2.45) is 5.73 Å². The summed E-state index contributed by atoms with van der Waals surface area (Å²) in [7, 11) is -4.87. The Balaban J connectivity index is 1.71. The minimum Gasteiger partial charge on any atom is -0.485 e. The second-order valence-electron chi connectivity index (χ2n) is 7.85. The predicted octanol–water partition coefficient (Wildman–Crippen LogP) is 3.13. The Hall–Kier alpha value is -4.80. The number of hydrogen-bond acceptors (Lipinski definition) is 9. The second-order valence-corrected chi connectivity index (χ2v) is 9.57. The highest BCUT2D eigenvalue weighted by Gasteiger charge is 2.35. The number of carbonyl (C=O) groups is 1. The van der Waals surface area contributed by atoms with Gasteiger partial charge in [0.1, 0.15) is 41.1 Å². The Morgan fingerprint density at radius 2 is 1.90 bits per heavy atom. The van der Waals surface area contributed by atoms with E-state index >= 15 is 0 Å². The lowest BCUT2D eigenvalue weighted by Gasteiger charge is -2.16. The van der Waals surface area contributed by atoms with E-state index in [-0.39, 0.29) is 52.2 Å². The topological polar surface area (TPSA) is 178 Å². The molecule has 0 spiro atoms. The first-order valence-electron chi connectivity index (χ1n) is 10.8. The summed E-state index contributed by atoms with van der Waals surface area (Å²) < 4.78 is 83.2. The summed E-state index contributed by atoms with van der Waals surface area (Å²) in [5, 5.41) is 9.52. The molecule has 0 fully saturated rings. The quantitative estimate of drug-likeness (QED) is 0.210. The predicted molar refractivity (Wildman–Crippen MR) is 130 cm³/mol. The van der Waals surface area contributed by atoms with Crippen LogP contribution in [0.3, 0.4) is 0 Å². The zero-order valence-electron chi connectivity index (χ0n) is 19.5. The molecule has 204 valence electrons. The number of carbonyl (C=O) groups excluding carboxylic acids is 1. The average Bonchev–Trinajstić information content (AvgIpc) is 3.27. The number of primary amides is 1. The maximum atomic E-state index is 13.2. The fraction of sp³-hybridized carbons (Fsp3) is 0.136. The van der Waals surface area contributed by atoms with E-state index in [4.69, 9.17) is 10.5 Å². The highest BCUT2D eigenvalue weighted by molar-refractivity contribution is 7.92. The van der Waals surface area contributed by atoms with Gasteiger partial charge in [-0.25, -0.2) is 17.8 Å². The van der Waals surface area contributed by atoms with Gasteiger partial charge in [0.25, 0.3) is 5.91 Å². The van der Waals surface area contributed by atoms with Crippen LogP contribution < -0.4 is 20.5 Å². The number of anilines is 3. The molecule has 0 aliphatic carbocycles. The number of alkyl halides is 3. The molecule has 0 unspecified atom stereocenters. The van der Waals surface area contributed by atoms with Crippen LogP contribution >= 0.6 is 0 Å². The summed E-state index contributed by atoms with van der Waals surface area (Å²) in [5.41, 5.74) is 5.57. The molecule has 5 N–H and O–H groups in total. The summed E-state index contributed by atoms with van der Waals surface area (Å²) in [4.78, 5) is 24.0. The lowest BCUT2D eigenvalue weighted by molar-refractivity contribution is -0.106. The number of halogens is 4. The molecule has 3 aromatic heterocycles. The van der Waals surface area contributed by atoms with Gasteiger partial charge in [0.15, 0.2) is 5.75 Å². The van der Waals surface area contributed by atoms with Crippen LogP contribution in [0.5, 0.6) is 5.75 Å². The summed E-state index contributed by atoms with van der Waals surface area (Å²) in [6, 6.07) is 6.08. The molecule has 4 rings (SSSR count). The number of amides is 1. The summed E-state index contributed by atoms with van der Waals surface area (Å²) in [6.07, 6.45) is 0.149. The van der Waals surface area contributed by atoms with Crippen LogP contribution in [-0.2, 0) is 16.6 Å². The molecule has 39 heavy (non-hydrogen) atoms. The van der Waals surface area contributed by atoms with Gasteiger partial charge in [0.05, 0.1) is 23.8 Å². The molecule has 0 saturated heterocycles. The Morgan fingerprint density at radius 1 is 1.10 bits per heavy atom. The fourth-order valence-corrected chi connectivity index (χ4v) is 4.32. The molecule has 0 bridgehead atoms. The lowest BCUT2D eigenvalue weighted by atomic mass is 10.1. The van der Waals surface area contributed by atoms with Crippen molar-refractivity contribution in [3.05, 3.63) is 72.2 Å². The minimum absolute atomic E-state index is 0.0170. The third-order valence-corrected chi connectivity index (χ3v) is 6.11. The highest BCUT2D eigenvalue weighted by atomic mass is 32.2. The standard InChI is InChI=1S/C22H18F4N8O4S/c23-13-2-3-14(30-8-13)10-38-16-7-12(1-4-15(16)34-39(36,37)11-22(24,25)26)19-18(20(27)35)21(33-32-19)31-17-9-28-5-6-29-17/h1-9,34H,10-11H2,(H2,27,35)(H2,29,31,32,33). The monoisotopic (exact) mass is 566 g/mol. The van der Waals surface area contributed by atoms with Gasteiger partial charge in [-0.2, -0.15) is 18.3 Å². The highest BCUT2D eigenvalue weighted by Crippen LogP contribution is 2.35. The van der Waals surface area contributed by atoms with E-state index in [9.17, 15) is 30.8 Å². The molecule has 0 radical (unpaired) electrons. The van der Waals surface area contributed by atoms with Crippen molar-refractivity contribution in [3.63, 3.8) is 0 Å². The van der Waals surface area contributed by atoms with Gasteiger partial charge in [-0.3, -0.25) is 24.6 Å². The van der Waals surface area contributed by atoms with Crippen molar-refractivity contribution >= 4 is 33.3 Å². The third kappa shape index (κ3) is 7.16. The third-order valence-electron chi connectivity index (χ3n) is 4.87. The van der Waals surface area contributed by atoms with E-state index < -0.39 is 33.7 Å². The van der Waals surface area contributed by atoms with Crippen molar-refractivity contribution in [1.29, 1.82) is 0 Å². The number of hydrogen-bond donors (Lipinski definition) is 4. The first-order valence-corrected chi connectivity index (χ1v) is 12.4. The van der Waals surface area contributed by atoms with E-state index in [0.717, 1.165) is 18.3 Å². The molecule has 4 aromatic rings. The Labute approximate surface area is 217 Å². The number of benzene rings is 1. The van der Waals surface area contributed by atoms with Gasteiger partial charge in [-0.05, 0) is 24.3 Å². The number of sulfonamides is 1. The molecule has 0 atom stereocenters. The van der Waals surface area contributed by atoms with Crippen LogP contribution in [0.1, 0.15) is 16.1 Å². The fourth-order valence-electron chi connectivity index (χ4n) is 3.31. The largest absolute Gasteiger partial charge is 0.485 e. The average molecular weight is 566 g/mol. The molecular weight excluding hydrogens is 548 g/mol. The number of ether oxygens (including phenoxy) is 1. The number of aromatic nitrogens is 5. The van der Waals surface area contributed by atoms with Crippen LogP contribution in [-0.4, -0.2) is 51.4 Å². The van der Waals surface area contributed by atoms with Crippen LogP contribution in [0.15, 0.2) is 55.1 Å². The maximum Gasteiger partial charge on any atom is 0.404 e. The van der Waals surface area contributed by atoms with E-state index in [0.29, 0.717) is 0 Å². The number of aromatic amines is 1. The molecule has 1 aromatic carbocycles. The second kappa shape index (κ2) is 10.9. The van der Waals surface area contributed by atoms with E-state index in [2.05, 4.69) is 30.5 Å². The van der Waals surface area contributed by atoms with Gasteiger partial charge in [-0.15, -0.1) is 0 Å². The normalized spacial score (nSPS) is 11.7. The Kier molecular flexibility index (Phi) is 7.61. The minimum atomic E-state index is -5.00. The number of rotatable bonds is 10. The molecule has 0 aliphatic heterocycles. The molecule has 1 amide bonds. The van der Waals surface area contributed by atoms with Crippen molar-refractivity contribution in [2.45, 2.75) is 12.8 Å². The summed E-state index contributed by atoms with van der Waals surface area (Å²) in [6.45, 7) is -0.305. The van der Waals surface area contributed by atoms with Gasteiger partial charge in [-0.1, -0.05) is 6.07 Å². The zero-order chi connectivity index (χ0) is 28.2. The first-order chi connectivity index (χ1) is 18.4. The van der Waals surface area contributed by atoms with E-state index in [1.165, 1.54) is 36.8 Å². The first kappa shape index (κ1) is 27.2. The summed E-state index contributed by atoms with van der Waals surface area (Å²) >= 11 is 0. The van der Waals surface area contributed by atoms with Crippen LogP contribution in [0, 0.1) is 5.82 Å². The smallest absolute Gasteiger partial charge is 0.404 e. The van der Waals surface area contributed by atoms with Gasteiger partial charge >= 0.3 is 6.18 Å². The van der Waals surface area contributed by atoms with Crippen molar-refractivity contribution < 1.29 is 35.5 Å². The van der Waals surface area contributed by atoms with Crippen LogP contribution in [0.4, 0.5) is 34.9 Å². The van der Waals surface area contributed by atoms with Gasteiger partial charge < -0.3 is 15.8 Å². The number of nitrogens with one attached hydrogen (secondary N) is 3. The number of nitrogens with two attached hydrogens (primary N) is 1. The lowest BCUT2D eigenvalue weighted by Crippen LogP contribution is -2.28. The molecule has 12 nitrogen and oxygen atoms in total. The molecule has 17 heteroatoms. The van der Waals surface area contributed by atoms with Crippen LogP contribution in [0.2, 0.25) is 0 Å². The number of nitrogens with zero attached hydrogens (tertiary/aromatic N) is 4. The molecule has 3 heterocycles. The molecular formula is C22H18F4N8O4S. The van der Waals surface area contributed by atoms with Gasteiger partial charge in [0, 0.05) is 18.0 Å².